The molecule has 1 aliphatic carbocycles. The van der Waals surface area contributed by atoms with E-state index in [4.69, 9.17) is 24.4 Å². The summed E-state index contributed by atoms with van der Waals surface area (Å²) in [6.45, 7) is 9.22. The number of ketones is 2. The van der Waals surface area contributed by atoms with Crippen LogP contribution in [-0.2, 0) is 14.3 Å². The molecule has 0 spiro atoms. The summed E-state index contributed by atoms with van der Waals surface area (Å²) in [5.74, 6) is -0.796. The predicted molar refractivity (Wildman–Crippen MR) is 211 cm³/mol. The summed E-state index contributed by atoms with van der Waals surface area (Å²) in [6, 6.07) is 25.3. The second-order valence-electron chi connectivity index (χ2n) is 13.3. The molecule has 0 amide bonds. The average Bonchev–Trinajstić information content (AvgIpc) is 3.16. The number of aliphatic carboxylic acids is 1. The minimum Gasteiger partial charge on any atom is -0.497 e. The lowest BCUT2D eigenvalue weighted by molar-refractivity contribution is -0.157. The average molecular weight is 741 g/mol. The van der Waals surface area contributed by atoms with Crippen LogP contribution in [0.15, 0.2) is 84.9 Å². The van der Waals surface area contributed by atoms with Crippen molar-refractivity contribution in [1.82, 2.24) is 0 Å². The van der Waals surface area contributed by atoms with Crippen LogP contribution in [0.1, 0.15) is 92.1 Å². The van der Waals surface area contributed by atoms with Crippen molar-refractivity contribution in [2.24, 2.45) is 11.3 Å². The molecular formula is C43H52N2O9. The van der Waals surface area contributed by atoms with Gasteiger partial charge in [-0.05, 0) is 87.4 Å². The van der Waals surface area contributed by atoms with Crippen molar-refractivity contribution in [2.45, 2.75) is 60.3 Å². The van der Waals surface area contributed by atoms with Gasteiger partial charge in [-0.25, -0.2) is 0 Å². The minimum atomic E-state index is -0.880. The molecule has 4 aromatic carbocycles. The molecule has 288 valence electrons. The fourth-order valence-corrected chi connectivity index (χ4v) is 5.80. The number of methoxy groups -OCH3 is 2. The molecule has 11 nitrogen and oxygen atoms in total. The van der Waals surface area contributed by atoms with E-state index in [1.165, 1.54) is 6.42 Å². The van der Waals surface area contributed by atoms with Crippen molar-refractivity contribution in [2.75, 3.05) is 38.1 Å². The molecule has 0 aliphatic heterocycles. The molecule has 0 bridgehead atoms. The number of anilines is 4. The van der Waals surface area contributed by atoms with Gasteiger partial charge in [-0.2, -0.15) is 0 Å². The highest BCUT2D eigenvalue weighted by atomic mass is 16.5. The Hall–Kier alpha value is -5.68. The minimum absolute atomic E-state index is 0.0478. The summed E-state index contributed by atoms with van der Waals surface area (Å²) in [6.07, 6.45) is 2.81. The zero-order valence-electron chi connectivity index (χ0n) is 32.2. The Morgan fingerprint density at radius 2 is 1.15 bits per heavy atom. The van der Waals surface area contributed by atoms with Crippen LogP contribution in [0.5, 0.6) is 11.5 Å². The van der Waals surface area contributed by atoms with Crippen molar-refractivity contribution in [3.8, 4) is 11.5 Å². The number of hydrogen-bond acceptors (Lipinski definition) is 10. The smallest absolute Gasteiger partial charge is 0.311 e. The number of carboxylic acid groups (broad SMARTS) is 1. The van der Waals surface area contributed by atoms with Crippen LogP contribution in [0.3, 0.4) is 0 Å². The summed E-state index contributed by atoms with van der Waals surface area (Å²) in [5, 5.41) is 24.1. The van der Waals surface area contributed by atoms with Crippen molar-refractivity contribution in [3.63, 3.8) is 0 Å². The summed E-state index contributed by atoms with van der Waals surface area (Å²) in [5.41, 5.74) is 3.40. The Labute approximate surface area is 317 Å². The van der Waals surface area contributed by atoms with Crippen LogP contribution in [-0.4, -0.2) is 61.2 Å². The number of carbonyl (C=O) groups is 4. The van der Waals surface area contributed by atoms with Gasteiger partial charge in [0.05, 0.1) is 54.7 Å². The van der Waals surface area contributed by atoms with Gasteiger partial charge in [0.25, 0.3) is 0 Å². The third-order valence-corrected chi connectivity index (χ3v) is 8.43. The molecule has 4 aromatic rings. The monoisotopic (exact) mass is 740 g/mol. The molecule has 0 aromatic heterocycles. The number of nitrogens with one attached hydrogen (secondary N) is 2. The molecule has 11 heteroatoms. The number of aliphatic hydroxyl groups excluding tert-OH is 1. The molecule has 0 fully saturated rings. The fraction of sp³-hybridized carbons (Fsp3) is 0.349. The summed E-state index contributed by atoms with van der Waals surface area (Å²) >= 11 is 0. The van der Waals surface area contributed by atoms with Crippen molar-refractivity contribution < 1.29 is 43.6 Å². The maximum Gasteiger partial charge on any atom is 0.311 e. The predicted octanol–water partition coefficient (Wildman–Crippen LogP) is 8.82. The molecule has 0 radical (unpaired) electrons. The zero-order chi connectivity index (χ0) is 39.8. The normalized spacial score (nSPS) is 12.0. The van der Waals surface area contributed by atoms with E-state index < -0.39 is 23.3 Å². The Bertz CT molecular complexity index is 1760. The maximum atomic E-state index is 13.6. The molecule has 5 rings (SSSR count). The second-order valence-corrected chi connectivity index (χ2v) is 13.3. The number of fused-ring (bicyclic) bond motifs is 2. The topological polar surface area (TPSA) is 160 Å². The molecule has 0 heterocycles. The van der Waals surface area contributed by atoms with Gasteiger partial charge in [0.2, 0.25) is 0 Å². The van der Waals surface area contributed by atoms with Gasteiger partial charge in [0.1, 0.15) is 18.1 Å². The van der Waals surface area contributed by atoms with E-state index in [9.17, 15) is 19.2 Å². The van der Waals surface area contributed by atoms with E-state index >= 15 is 0 Å². The summed E-state index contributed by atoms with van der Waals surface area (Å²) in [7, 11) is 3.21. The Morgan fingerprint density at radius 3 is 1.50 bits per heavy atom. The van der Waals surface area contributed by atoms with Crippen molar-refractivity contribution >= 4 is 46.3 Å². The number of benzene rings is 4. The van der Waals surface area contributed by atoms with E-state index in [1.807, 2.05) is 55.5 Å². The molecule has 0 saturated heterocycles. The molecule has 54 heavy (non-hydrogen) atoms. The van der Waals surface area contributed by atoms with Crippen LogP contribution in [0.25, 0.3) is 0 Å². The molecule has 1 aliphatic rings. The lowest BCUT2D eigenvalue weighted by Crippen LogP contribution is -2.32. The van der Waals surface area contributed by atoms with E-state index in [-0.39, 0.29) is 31.2 Å². The Kier molecular flexibility index (Phi) is 16.2. The van der Waals surface area contributed by atoms with Gasteiger partial charge in [0.15, 0.2) is 11.6 Å². The van der Waals surface area contributed by atoms with E-state index in [0.29, 0.717) is 40.0 Å². The molecule has 1 unspecified atom stereocenters. The van der Waals surface area contributed by atoms with Crippen molar-refractivity contribution in [1.29, 1.82) is 0 Å². The maximum absolute atomic E-state index is 13.6. The van der Waals surface area contributed by atoms with Crippen LogP contribution in [0.2, 0.25) is 0 Å². The standard InChI is InChI=1S/C28H22N2O4.C12H22O5.C3H8/c1-33-19-13-9-17(10-14-19)29-23-7-3-5-21-25(23)27(31)22-6-4-8-24(26(22)28(21)32)30-18-11-15-20(34-2)16-12-18;1-4-5-9(10(14)15)8-12(2,3)11(16)17-7-6-13;1-3-2/h3-16,29-30H,1-2H3;9,13H,4-8H2,1-3H3,(H,14,15);3H2,1-2H3. The number of carboxylic acids is 1. The SMILES string of the molecule is CCC.CCCC(CC(C)(C)C(=O)OCCO)C(=O)O.COc1ccc(Nc2cccc3c2C(=O)c2cccc(Nc4ccc(OC)cc4)c2C3=O)cc1. The van der Waals surface area contributed by atoms with Gasteiger partial charge < -0.3 is 35.1 Å². The largest absolute Gasteiger partial charge is 0.497 e. The Morgan fingerprint density at radius 1 is 0.722 bits per heavy atom. The van der Waals surface area contributed by atoms with Crippen LogP contribution in [0, 0.1) is 11.3 Å². The first-order chi connectivity index (χ1) is 25.8. The number of ether oxygens (including phenoxy) is 3. The van der Waals surface area contributed by atoms with Gasteiger partial charge in [-0.15, -0.1) is 0 Å². The third kappa shape index (κ3) is 11.2. The molecule has 1 atom stereocenters. The zero-order valence-corrected chi connectivity index (χ0v) is 32.2. The number of aliphatic hydroxyl groups is 1. The highest BCUT2D eigenvalue weighted by Crippen LogP contribution is 2.37. The number of hydrogen-bond donors (Lipinski definition) is 4. The van der Waals surface area contributed by atoms with E-state index in [0.717, 1.165) is 29.3 Å². The lowest BCUT2D eigenvalue weighted by atomic mass is 9.81. The highest BCUT2D eigenvalue weighted by Gasteiger charge is 2.35. The lowest BCUT2D eigenvalue weighted by Gasteiger charge is -2.25. The number of rotatable bonds is 14. The first-order valence-electron chi connectivity index (χ1n) is 18.0. The first-order valence-corrected chi connectivity index (χ1v) is 18.0. The van der Waals surface area contributed by atoms with Gasteiger partial charge >= 0.3 is 11.9 Å². The van der Waals surface area contributed by atoms with Crippen LogP contribution in [0.4, 0.5) is 22.7 Å². The summed E-state index contributed by atoms with van der Waals surface area (Å²) in [4.78, 5) is 49.9. The van der Waals surface area contributed by atoms with Gasteiger partial charge in [-0.1, -0.05) is 57.9 Å². The van der Waals surface area contributed by atoms with E-state index in [2.05, 4.69) is 24.5 Å². The first kappa shape index (κ1) is 42.7. The van der Waals surface area contributed by atoms with Gasteiger partial charge in [-0.3, -0.25) is 19.2 Å². The molecular weight excluding hydrogens is 688 g/mol. The highest BCUT2D eigenvalue weighted by molar-refractivity contribution is 6.32. The quantitative estimate of drug-likeness (QED) is 0.0806. The van der Waals surface area contributed by atoms with Crippen LogP contribution >= 0.6 is 0 Å². The van der Waals surface area contributed by atoms with Crippen molar-refractivity contribution in [3.05, 3.63) is 107 Å². The van der Waals surface area contributed by atoms with Crippen LogP contribution < -0.4 is 20.1 Å². The Balaban J connectivity index is 0.000000332. The summed E-state index contributed by atoms with van der Waals surface area (Å²) < 4.78 is 15.2. The number of esters is 1. The fourth-order valence-electron chi connectivity index (χ4n) is 5.80. The second kappa shape index (κ2) is 20.5. The van der Waals surface area contributed by atoms with Gasteiger partial charge in [0, 0.05) is 22.5 Å². The third-order valence-electron chi connectivity index (χ3n) is 8.43. The molecule has 4 N–H and O–H groups in total. The number of carbonyl (C=O) groups excluding carboxylic acids is 3. The molecule has 0 saturated carbocycles. The van der Waals surface area contributed by atoms with E-state index in [1.54, 1.807) is 64.5 Å².